The number of carbonyl (C=O) groups excluding carboxylic acids is 1. The number of nitrogens with zero attached hydrogens (tertiary/aromatic N) is 2. The van der Waals surface area contributed by atoms with Crippen LogP contribution >= 0.6 is 15.9 Å². The molecule has 0 bridgehead atoms. The molecule has 2 aromatic rings. The molecule has 1 aliphatic rings. The van der Waals surface area contributed by atoms with Gasteiger partial charge in [0.25, 0.3) is 5.56 Å². The predicted molar refractivity (Wildman–Crippen MR) is 84.0 cm³/mol. The predicted octanol–water partition coefficient (Wildman–Crippen LogP) is 3.15. The van der Waals surface area contributed by atoms with Crippen molar-refractivity contribution in [1.29, 1.82) is 0 Å². The van der Waals surface area contributed by atoms with Crippen molar-refractivity contribution >= 4 is 21.7 Å². The third-order valence-corrected chi connectivity index (χ3v) is 4.18. The Balaban J connectivity index is 2.14. The summed E-state index contributed by atoms with van der Waals surface area (Å²) in [6, 6.07) is 8.81. The zero-order valence-corrected chi connectivity index (χ0v) is 13.5. The first-order valence-electron chi connectivity index (χ1n) is 6.78. The van der Waals surface area contributed by atoms with Crippen molar-refractivity contribution in [3.05, 3.63) is 56.4 Å². The lowest BCUT2D eigenvalue weighted by Crippen LogP contribution is -2.33. The number of hydrogen-bond acceptors (Lipinski definition) is 3. The molecule has 1 heterocycles. The van der Waals surface area contributed by atoms with E-state index in [1.54, 1.807) is 18.2 Å². The molecule has 3 rings (SSSR count). The molecule has 0 fully saturated rings. The van der Waals surface area contributed by atoms with Gasteiger partial charge in [0.05, 0.1) is 5.69 Å². The van der Waals surface area contributed by atoms with Crippen molar-refractivity contribution in [1.82, 2.24) is 9.78 Å². The van der Waals surface area contributed by atoms with Crippen molar-refractivity contribution in [2.45, 2.75) is 26.7 Å². The highest BCUT2D eigenvalue weighted by atomic mass is 79.9. The first-order valence-corrected chi connectivity index (χ1v) is 7.57. The first kappa shape index (κ1) is 14.2. The zero-order chi connectivity index (χ0) is 15.2. The molecular formula is C16H15BrN2O2. The average molecular weight is 347 g/mol. The van der Waals surface area contributed by atoms with Crippen LogP contribution in [-0.4, -0.2) is 15.6 Å². The lowest BCUT2D eigenvalue weighted by molar-refractivity contribution is 0.0903. The second-order valence-electron chi connectivity index (χ2n) is 6.19. The number of benzene rings is 1. The van der Waals surface area contributed by atoms with E-state index in [0.717, 1.165) is 10.0 Å². The molecule has 1 aromatic carbocycles. The van der Waals surface area contributed by atoms with Gasteiger partial charge >= 0.3 is 0 Å². The molecule has 0 aliphatic heterocycles. The van der Waals surface area contributed by atoms with Gasteiger partial charge in [0.1, 0.15) is 5.69 Å². The van der Waals surface area contributed by atoms with Gasteiger partial charge in [-0.3, -0.25) is 9.59 Å². The summed E-state index contributed by atoms with van der Waals surface area (Å²) in [6.45, 7) is 4.07. The van der Waals surface area contributed by atoms with Crippen LogP contribution in [-0.2, 0) is 6.42 Å². The molecule has 0 saturated carbocycles. The highest BCUT2D eigenvalue weighted by Gasteiger charge is 2.32. The van der Waals surface area contributed by atoms with E-state index in [1.165, 1.54) is 4.68 Å². The Morgan fingerprint density at radius 3 is 2.48 bits per heavy atom. The monoisotopic (exact) mass is 346 g/mol. The second kappa shape index (κ2) is 4.91. The highest BCUT2D eigenvalue weighted by molar-refractivity contribution is 9.10. The van der Waals surface area contributed by atoms with Gasteiger partial charge in [-0.2, -0.15) is 9.78 Å². The van der Waals surface area contributed by atoms with Crippen LogP contribution in [0.5, 0.6) is 0 Å². The van der Waals surface area contributed by atoms with Gasteiger partial charge in [-0.1, -0.05) is 29.8 Å². The quantitative estimate of drug-likeness (QED) is 0.796. The van der Waals surface area contributed by atoms with Crippen LogP contribution in [0.1, 0.15) is 36.3 Å². The number of ketones is 1. The number of aromatic nitrogens is 2. The molecule has 0 unspecified atom stereocenters. The van der Waals surface area contributed by atoms with E-state index in [2.05, 4.69) is 21.0 Å². The lowest BCUT2D eigenvalue weighted by atomic mass is 9.75. The highest BCUT2D eigenvalue weighted by Crippen LogP contribution is 2.33. The topological polar surface area (TPSA) is 52.0 Å². The number of rotatable bonds is 1. The molecule has 1 aliphatic carbocycles. The molecule has 4 nitrogen and oxygen atoms in total. The number of carbonyl (C=O) groups is 1. The van der Waals surface area contributed by atoms with Crippen LogP contribution < -0.4 is 5.56 Å². The Labute approximate surface area is 130 Å². The molecule has 0 N–H and O–H groups in total. The minimum Gasteiger partial charge on any atom is -0.292 e. The van der Waals surface area contributed by atoms with Crippen molar-refractivity contribution in [2.75, 3.05) is 0 Å². The van der Waals surface area contributed by atoms with E-state index in [9.17, 15) is 9.59 Å². The van der Waals surface area contributed by atoms with Gasteiger partial charge in [0.15, 0.2) is 5.78 Å². The summed E-state index contributed by atoms with van der Waals surface area (Å²) < 4.78 is 2.22. The molecule has 0 atom stereocenters. The number of fused-ring (bicyclic) bond motifs is 1. The van der Waals surface area contributed by atoms with E-state index in [-0.39, 0.29) is 16.8 Å². The SMILES string of the molecule is CC1(C)CC(=O)c2nn(-c3ccc(Br)cc3)c(=O)cc2C1. The fraction of sp³-hybridized carbons (Fsp3) is 0.312. The third kappa shape index (κ3) is 2.70. The molecule has 0 spiro atoms. The minimum absolute atomic E-state index is 0.00658. The Kier molecular flexibility index (Phi) is 3.32. The van der Waals surface area contributed by atoms with E-state index in [0.29, 0.717) is 24.2 Å². The summed E-state index contributed by atoms with van der Waals surface area (Å²) in [5.74, 6) is 0.00658. The van der Waals surface area contributed by atoms with Gasteiger partial charge in [0, 0.05) is 17.0 Å². The molecule has 1 aromatic heterocycles. The van der Waals surface area contributed by atoms with Gasteiger partial charge in [-0.15, -0.1) is 0 Å². The molecule has 0 radical (unpaired) electrons. The van der Waals surface area contributed by atoms with E-state index >= 15 is 0 Å². The van der Waals surface area contributed by atoms with Crippen LogP contribution in [0, 0.1) is 5.41 Å². The van der Waals surface area contributed by atoms with Crippen molar-refractivity contribution in [3.8, 4) is 5.69 Å². The largest absolute Gasteiger partial charge is 0.292 e. The molecule has 21 heavy (non-hydrogen) atoms. The van der Waals surface area contributed by atoms with Crippen LogP contribution in [0.4, 0.5) is 0 Å². The maximum Gasteiger partial charge on any atom is 0.271 e. The number of Topliss-reactive ketones (excluding diaryl/α,β-unsaturated/α-hetero) is 1. The Morgan fingerprint density at radius 1 is 1.14 bits per heavy atom. The third-order valence-electron chi connectivity index (χ3n) is 3.65. The Bertz CT molecular complexity index is 776. The smallest absolute Gasteiger partial charge is 0.271 e. The van der Waals surface area contributed by atoms with Crippen LogP contribution in [0.3, 0.4) is 0 Å². The summed E-state index contributed by atoms with van der Waals surface area (Å²) in [5, 5.41) is 4.30. The van der Waals surface area contributed by atoms with Gasteiger partial charge in [-0.05, 0) is 41.7 Å². The average Bonchev–Trinajstić information content (AvgIpc) is 2.38. The number of halogens is 1. The summed E-state index contributed by atoms with van der Waals surface area (Å²) in [4.78, 5) is 24.5. The molecule has 0 amide bonds. The minimum atomic E-state index is -0.207. The summed E-state index contributed by atoms with van der Waals surface area (Å²) >= 11 is 3.36. The second-order valence-corrected chi connectivity index (χ2v) is 7.10. The molecular weight excluding hydrogens is 332 g/mol. The fourth-order valence-electron chi connectivity index (χ4n) is 2.73. The van der Waals surface area contributed by atoms with Crippen molar-refractivity contribution in [3.63, 3.8) is 0 Å². The summed E-state index contributed by atoms with van der Waals surface area (Å²) in [6.07, 6.45) is 1.17. The lowest BCUT2D eigenvalue weighted by Gasteiger charge is -2.29. The van der Waals surface area contributed by atoms with E-state index in [1.807, 2.05) is 26.0 Å². The van der Waals surface area contributed by atoms with E-state index in [4.69, 9.17) is 0 Å². The molecule has 0 saturated heterocycles. The standard InChI is InChI=1S/C16H15BrN2O2/c1-16(2)8-10-7-14(21)19(18-15(10)13(20)9-16)12-5-3-11(17)4-6-12/h3-7H,8-9H2,1-2H3. The van der Waals surface area contributed by atoms with Crippen LogP contribution in [0.25, 0.3) is 5.69 Å². The molecule has 5 heteroatoms. The van der Waals surface area contributed by atoms with Gasteiger partial charge in [-0.25, -0.2) is 0 Å². The maximum absolute atomic E-state index is 12.3. The number of hydrogen-bond donors (Lipinski definition) is 0. The fourth-order valence-corrected chi connectivity index (χ4v) is 2.99. The van der Waals surface area contributed by atoms with Crippen LogP contribution in [0.2, 0.25) is 0 Å². The summed E-state index contributed by atoms with van der Waals surface area (Å²) in [5.41, 5.74) is 1.53. The van der Waals surface area contributed by atoms with Crippen LogP contribution in [0.15, 0.2) is 39.6 Å². The van der Waals surface area contributed by atoms with Gasteiger partial charge < -0.3 is 0 Å². The zero-order valence-electron chi connectivity index (χ0n) is 11.9. The van der Waals surface area contributed by atoms with Gasteiger partial charge in [0.2, 0.25) is 0 Å². The molecule has 108 valence electrons. The van der Waals surface area contributed by atoms with E-state index < -0.39 is 0 Å². The Hall–Kier alpha value is -1.75. The maximum atomic E-state index is 12.3. The van der Waals surface area contributed by atoms with Crippen molar-refractivity contribution in [2.24, 2.45) is 5.41 Å². The normalized spacial score (nSPS) is 16.6. The van der Waals surface area contributed by atoms with Crippen molar-refractivity contribution < 1.29 is 4.79 Å². The Morgan fingerprint density at radius 2 is 1.81 bits per heavy atom. The first-order chi connectivity index (χ1) is 9.85. The summed E-state index contributed by atoms with van der Waals surface area (Å²) in [7, 11) is 0.